The van der Waals surface area contributed by atoms with Crippen LogP contribution in [0.15, 0.2) is 70.3 Å². The smallest absolute Gasteiger partial charge is 0.226 e. The molecule has 1 heterocycles. The number of hydrogen-bond donors (Lipinski definition) is 2. The van der Waals surface area contributed by atoms with E-state index in [4.69, 9.17) is 4.42 Å². The van der Waals surface area contributed by atoms with Gasteiger partial charge in [0.25, 0.3) is 0 Å². The fourth-order valence-corrected chi connectivity index (χ4v) is 2.83. The van der Waals surface area contributed by atoms with E-state index in [0.717, 1.165) is 17.2 Å². The molecule has 27 heavy (non-hydrogen) atoms. The molecule has 0 bridgehead atoms. The van der Waals surface area contributed by atoms with Crippen molar-refractivity contribution in [2.45, 2.75) is 26.4 Å². The summed E-state index contributed by atoms with van der Waals surface area (Å²) in [6.07, 6.45) is 1.67. The highest BCUT2D eigenvalue weighted by Crippen LogP contribution is 2.18. The molecule has 3 aromatic rings. The first-order valence-corrected chi connectivity index (χ1v) is 8.70. The van der Waals surface area contributed by atoms with E-state index in [1.807, 2.05) is 36.4 Å². The normalized spacial score (nSPS) is 12.2. The summed E-state index contributed by atoms with van der Waals surface area (Å²) in [6, 6.07) is 18.4. The van der Waals surface area contributed by atoms with Gasteiger partial charge in [-0.05, 0) is 37.1 Å². The second-order valence-corrected chi connectivity index (χ2v) is 6.16. The topological polar surface area (TPSA) is 62.5 Å². The third-order valence-electron chi connectivity index (χ3n) is 4.24. The fraction of sp³-hybridized carbons (Fsp3) is 0.238. The summed E-state index contributed by atoms with van der Waals surface area (Å²) in [5.41, 5.74) is 4.31. The van der Waals surface area contributed by atoms with Crippen molar-refractivity contribution < 1.29 is 4.42 Å². The summed E-state index contributed by atoms with van der Waals surface area (Å²) < 4.78 is 5.57. The molecule has 3 rings (SSSR count). The highest BCUT2D eigenvalue weighted by Gasteiger charge is 2.11. The second-order valence-electron chi connectivity index (χ2n) is 6.16. The molecule has 0 aliphatic rings. The van der Waals surface area contributed by atoms with Crippen LogP contribution in [0.5, 0.6) is 0 Å². The first-order chi connectivity index (χ1) is 12.7. The number of guanidine groups is 1. The van der Waals surface area contributed by atoms with Crippen molar-refractivity contribution in [3.8, 4) is 11.5 Å². The van der Waals surface area contributed by atoms with Crippen LogP contribution in [-0.4, -0.2) is 18.0 Å². The molecule has 0 fully saturated rings. The molecule has 1 aromatic heterocycles. The van der Waals surface area contributed by atoms with E-state index in [1.54, 1.807) is 13.3 Å². The predicted molar refractivity (Wildman–Crippen MR) is 120 cm³/mol. The van der Waals surface area contributed by atoms with Gasteiger partial charge in [0.2, 0.25) is 5.89 Å². The van der Waals surface area contributed by atoms with Gasteiger partial charge in [0, 0.05) is 12.6 Å². The van der Waals surface area contributed by atoms with Crippen LogP contribution in [0, 0.1) is 6.92 Å². The van der Waals surface area contributed by atoms with Crippen LogP contribution in [0.3, 0.4) is 0 Å². The highest BCUT2D eigenvalue weighted by molar-refractivity contribution is 14.0. The number of nitrogens with one attached hydrogen (secondary N) is 2. The van der Waals surface area contributed by atoms with Crippen molar-refractivity contribution in [1.29, 1.82) is 0 Å². The molecule has 0 radical (unpaired) electrons. The van der Waals surface area contributed by atoms with Gasteiger partial charge in [0.1, 0.15) is 6.26 Å². The van der Waals surface area contributed by atoms with Gasteiger partial charge >= 0.3 is 0 Å². The van der Waals surface area contributed by atoms with E-state index in [1.165, 1.54) is 11.1 Å². The predicted octanol–water partition coefficient (Wildman–Crippen LogP) is 4.69. The van der Waals surface area contributed by atoms with Crippen molar-refractivity contribution in [1.82, 2.24) is 15.6 Å². The molecule has 6 heteroatoms. The van der Waals surface area contributed by atoms with Crippen LogP contribution in [0.25, 0.3) is 11.5 Å². The summed E-state index contributed by atoms with van der Waals surface area (Å²) in [7, 11) is 1.76. The highest BCUT2D eigenvalue weighted by atomic mass is 127. The molecule has 0 saturated carbocycles. The number of nitrogens with zero attached hydrogens (tertiary/aromatic N) is 2. The molecule has 0 spiro atoms. The Balaban J connectivity index is 0.00000261. The first kappa shape index (κ1) is 21.0. The molecule has 1 unspecified atom stereocenters. The van der Waals surface area contributed by atoms with Crippen LogP contribution in [0.1, 0.15) is 29.8 Å². The van der Waals surface area contributed by atoms with Crippen LogP contribution >= 0.6 is 24.0 Å². The second kappa shape index (κ2) is 10.1. The number of halogens is 1. The van der Waals surface area contributed by atoms with Gasteiger partial charge in [-0.3, -0.25) is 4.99 Å². The Morgan fingerprint density at radius 1 is 1.11 bits per heavy atom. The van der Waals surface area contributed by atoms with Gasteiger partial charge in [-0.25, -0.2) is 4.98 Å². The molecule has 5 nitrogen and oxygen atoms in total. The lowest BCUT2D eigenvalue weighted by Crippen LogP contribution is -2.38. The van der Waals surface area contributed by atoms with E-state index in [9.17, 15) is 0 Å². The fourth-order valence-electron chi connectivity index (χ4n) is 2.83. The van der Waals surface area contributed by atoms with E-state index in [-0.39, 0.29) is 30.0 Å². The maximum Gasteiger partial charge on any atom is 0.226 e. The van der Waals surface area contributed by atoms with Crippen molar-refractivity contribution in [2.24, 2.45) is 4.99 Å². The first-order valence-electron chi connectivity index (χ1n) is 8.70. The Morgan fingerprint density at radius 2 is 1.81 bits per heavy atom. The largest absolute Gasteiger partial charge is 0.444 e. The lowest BCUT2D eigenvalue weighted by Gasteiger charge is -2.19. The van der Waals surface area contributed by atoms with E-state index in [2.05, 4.69) is 52.7 Å². The molecule has 1 atom stereocenters. The number of hydrogen-bond acceptors (Lipinski definition) is 3. The Kier molecular flexibility index (Phi) is 7.84. The number of aromatic nitrogens is 1. The maximum atomic E-state index is 5.57. The van der Waals surface area contributed by atoms with Gasteiger partial charge in [-0.15, -0.1) is 24.0 Å². The number of rotatable bonds is 5. The van der Waals surface area contributed by atoms with Crippen molar-refractivity contribution in [2.75, 3.05) is 7.05 Å². The molecule has 0 saturated heterocycles. The van der Waals surface area contributed by atoms with Gasteiger partial charge in [-0.2, -0.15) is 0 Å². The summed E-state index contributed by atoms with van der Waals surface area (Å²) in [4.78, 5) is 8.83. The Bertz CT molecular complexity index is 877. The zero-order valence-electron chi connectivity index (χ0n) is 15.8. The molecule has 0 aliphatic heterocycles. The third-order valence-corrected chi connectivity index (χ3v) is 4.24. The van der Waals surface area contributed by atoms with Crippen molar-refractivity contribution in [3.63, 3.8) is 0 Å². The van der Waals surface area contributed by atoms with Crippen LogP contribution in [0.4, 0.5) is 0 Å². The molecular weight excluding hydrogens is 451 g/mol. The Labute approximate surface area is 177 Å². The molecule has 2 N–H and O–H groups in total. The average Bonchev–Trinajstić information content (AvgIpc) is 3.15. The summed E-state index contributed by atoms with van der Waals surface area (Å²) >= 11 is 0. The van der Waals surface area contributed by atoms with Gasteiger partial charge in [0.05, 0.1) is 18.3 Å². The lowest BCUT2D eigenvalue weighted by atomic mass is 10.0. The Morgan fingerprint density at radius 3 is 2.52 bits per heavy atom. The van der Waals surface area contributed by atoms with Crippen LogP contribution in [-0.2, 0) is 6.54 Å². The summed E-state index contributed by atoms with van der Waals surface area (Å²) in [6.45, 7) is 4.78. The zero-order chi connectivity index (χ0) is 18.4. The van der Waals surface area contributed by atoms with Gasteiger partial charge in [0.15, 0.2) is 5.96 Å². The number of aliphatic imine (C=N–C) groups is 1. The minimum atomic E-state index is 0. The van der Waals surface area contributed by atoms with Crippen molar-refractivity contribution >= 4 is 29.9 Å². The standard InChI is InChI=1S/C21H24N4O.HI/c1-15-9-7-8-12-19(15)16(2)24-21(22-3)23-13-18-14-26-20(25-18)17-10-5-4-6-11-17;/h4-12,14,16H,13H2,1-3H3,(H2,22,23,24);1H. The monoisotopic (exact) mass is 476 g/mol. The Hall–Kier alpha value is -2.35. The number of benzene rings is 2. The maximum absolute atomic E-state index is 5.57. The van der Waals surface area contributed by atoms with E-state index in [0.29, 0.717) is 12.4 Å². The van der Waals surface area contributed by atoms with E-state index >= 15 is 0 Å². The molecule has 142 valence electrons. The molecular formula is C21H25IN4O. The quantitative estimate of drug-likeness (QED) is 0.319. The van der Waals surface area contributed by atoms with Gasteiger partial charge in [-0.1, -0.05) is 42.5 Å². The minimum Gasteiger partial charge on any atom is -0.444 e. The van der Waals surface area contributed by atoms with E-state index < -0.39 is 0 Å². The lowest BCUT2D eigenvalue weighted by molar-refractivity contribution is 0.572. The van der Waals surface area contributed by atoms with Crippen LogP contribution in [0.2, 0.25) is 0 Å². The molecule has 0 aliphatic carbocycles. The number of oxazole rings is 1. The third kappa shape index (κ3) is 5.56. The zero-order valence-corrected chi connectivity index (χ0v) is 18.1. The summed E-state index contributed by atoms with van der Waals surface area (Å²) in [5, 5.41) is 6.70. The molecule has 2 aromatic carbocycles. The molecule has 0 amide bonds. The minimum absolute atomic E-state index is 0. The van der Waals surface area contributed by atoms with Crippen LogP contribution < -0.4 is 10.6 Å². The SMILES string of the molecule is CN=C(NCc1coc(-c2ccccc2)n1)NC(C)c1ccccc1C.I. The van der Waals surface area contributed by atoms with Gasteiger partial charge < -0.3 is 15.1 Å². The average molecular weight is 476 g/mol. The number of aryl methyl sites for hydroxylation is 1. The van der Waals surface area contributed by atoms with Crippen molar-refractivity contribution in [3.05, 3.63) is 77.7 Å². The summed E-state index contributed by atoms with van der Waals surface area (Å²) in [5.74, 6) is 1.35.